The molecule has 1 fully saturated rings. The SMILES string of the molecule is CC(C)(C)OC(=O)NCCCC(=O)NCc1ccc(S(=O)(=O)N2CCOCC2)cc1. The molecule has 0 unspecified atom stereocenters. The summed E-state index contributed by atoms with van der Waals surface area (Å²) in [5.41, 5.74) is 0.245. The van der Waals surface area contributed by atoms with Crippen LogP contribution in [0.2, 0.25) is 0 Å². The lowest BCUT2D eigenvalue weighted by molar-refractivity contribution is -0.121. The highest BCUT2D eigenvalue weighted by molar-refractivity contribution is 7.89. The van der Waals surface area contributed by atoms with Gasteiger partial charge in [-0.2, -0.15) is 4.31 Å². The Kier molecular flexibility index (Phi) is 8.63. The van der Waals surface area contributed by atoms with E-state index in [1.807, 2.05) is 0 Å². The molecular formula is C20H31N3O6S. The fourth-order valence-electron chi connectivity index (χ4n) is 2.76. The molecule has 2 rings (SSSR count). The van der Waals surface area contributed by atoms with Crippen LogP contribution in [0.25, 0.3) is 0 Å². The Labute approximate surface area is 178 Å². The average molecular weight is 442 g/mol. The highest BCUT2D eigenvalue weighted by Crippen LogP contribution is 2.17. The summed E-state index contributed by atoms with van der Waals surface area (Å²) in [7, 11) is -3.52. The number of nitrogens with zero attached hydrogens (tertiary/aromatic N) is 1. The van der Waals surface area contributed by atoms with Crippen molar-refractivity contribution in [2.75, 3.05) is 32.8 Å². The van der Waals surface area contributed by atoms with E-state index in [1.165, 1.54) is 4.31 Å². The highest BCUT2D eigenvalue weighted by atomic mass is 32.2. The lowest BCUT2D eigenvalue weighted by atomic mass is 10.2. The number of alkyl carbamates (subject to hydrolysis) is 1. The topological polar surface area (TPSA) is 114 Å². The number of carbonyl (C=O) groups is 2. The van der Waals surface area contributed by atoms with Crippen LogP contribution in [0.1, 0.15) is 39.2 Å². The van der Waals surface area contributed by atoms with Gasteiger partial charge in [-0.1, -0.05) is 12.1 Å². The van der Waals surface area contributed by atoms with Gasteiger partial charge in [-0.3, -0.25) is 4.79 Å². The zero-order valence-electron chi connectivity index (χ0n) is 17.8. The van der Waals surface area contributed by atoms with Crippen molar-refractivity contribution in [3.8, 4) is 0 Å². The molecule has 0 spiro atoms. The van der Waals surface area contributed by atoms with Crippen molar-refractivity contribution in [2.24, 2.45) is 0 Å². The van der Waals surface area contributed by atoms with Gasteiger partial charge in [0.2, 0.25) is 15.9 Å². The minimum absolute atomic E-state index is 0.147. The molecule has 2 amide bonds. The molecule has 30 heavy (non-hydrogen) atoms. The lowest BCUT2D eigenvalue weighted by Crippen LogP contribution is -2.40. The third kappa shape index (κ3) is 7.92. The Hall–Kier alpha value is -2.17. The summed E-state index contributed by atoms with van der Waals surface area (Å²) in [6.45, 7) is 7.49. The van der Waals surface area contributed by atoms with Gasteiger partial charge in [0.1, 0.15) is 5.60 Å². The predicted molar refractivity (Wildman–Crippen MR) is 111 cm³/mol. The van der Waals surface area contributed by atoms with Gasteiger partial charge in [0.05, 0.1) is 18.1 Å². The Morgan fingerprint density at radius 1 is 1.10 bits per heavy atom. The summed E-state index contributed by atoms with van der Waals surface area (Å²) in [6, 6.07) is 6.49. The number of amides is 2. The second-order valence-electron chi connectivity index (χ2n) is 7.97. The molecular weight excluding hydrogens is 410 g/mol. The van der Waals surface area contributed by atoms with Crippen LogP contribution in [0.5, 0.6) is 0 Å². The number of rotatable bonds is 8. The molecule has 0 bridgehead atoms. The molecule has 0 saturated carbocycles. The van der Waals surface area contributed by atoms with Crippen LogP contribution in [0.3, 0.4) is 0 Å². The van der Waals surface area contributed by atoms with Crippen LogP contribution in [0.15, 0.2) is 29.2 Å². The van der Waals surface area contributed by atoms with Gasteiger partial charge in [0.25, 0.3) is 0 Å². The van der Waals surface area contributed by atoms with Gasteiger partial charge in [-0.25, -0.2) is 13.2 Å². The summed E-state index contributed by atoms with van der Waals surface area (Å²) in [4.78, 5) is 23.7. The largest absolute Gasteiger partial charge is 0.444 e. The van der Waals surface area contributed by atoms with Crippen LogP contribution in [0.4, 0.5) is 4.79 Å². The van der Waals surface area contributed by atoms with Gasteiger partial charge in [0, 0.05) is 32.6 Å². The Morgan fingerprint density at radius 2 is 1.73 bits per heavy atom. The van der Waals surface area contributed by atoms with Gasteiger partial charge >= 0.3 is 6.09 Å². The maximum absolute atomic E-state index is 12.6. The molecule has 2 N–H and O–H groups in total. The van der Waals surface area contributed by atoms with Crippen LogP contribution in [-0.4, -0.2) is 63.2 Å². The standard InChI is InChI=1S/C20H31N3O6S/c1-20(2,3)29-19(25)21-10-4-5-18(24)22-15-16-6-8-17(9-7-16)30(26,27)23-11-13-28-14-12-23/h6-9H,4-5,10-15H2,1-3H3,(H,21,25)(H,22,24). The third-order valence-electron chi connectivity index (χ3n) is 4.27. The van der Waals surface area contributed by atoms with E-state index < -0.39 is 21.7 Å². The summed E-state index contributed by atoms with van der Waals surface area (Å²) in [5, 5.41) is 5.39. The Bertz CT molecular complexity index is 812. The first kappa shape index (κ1) is 24.1. The van der Waals surface area contributed by atoms with E-state index in [9.17, 15) is 18.0 Å². The Balaban J connectivity index is 1.72. The molecule has 168 valence electrons. The zero-order chi connectivity index (χ0) is 22.2. The van der Waals surface area contributed by atoms with Crippen LogP contribution in [-0.2, 0) is 30.8 Å². The predicted octanol–water partition coefficient (Wildman–Crippen LogP) is 1.63. The van der Waals surface area contributed by atoms with Crippen molar-refractivity contribution in [1.29, 1.82) is 0 Å². The number of hydrogen-bond acceptors (Lipinski definition) is 6. The van der Waals surface area contributed by atoms with E-state index >= 15 is 0 Å². The van der Waals surface area contributed by atoms with Crippen LogP contribution in [0, 0.1) is 0 Å². The summed E-state index contributed by atoms with van der Waals surface area (Å²) < 4.78 is 36.9. The van der Waals surface area contributed by atoms with Gasteiger partial charge in [0.15, 0.2) is 0 Å². The molecule has 1 heterocycles. The second-order valence-corrected chi connectivity index (χ2v) is 9.91. The molecule has 0 aromatic heterocycles. The normalized spacial score (nSPS) is 15.4. The molecule has 1 aliphatic heterocycles. The quantitative estimate of drug-likeness (QED) is 0.593. The van der Waals surface area contributed by atoms with E-state index in [-0.39, 0.29) is 17.2 Å². The zero-order valence-corrected chi connectivity index (χ0v) is 18.6. The van der Waals surface area contributed by atoms with Crippen molar-refractivity contribution >= 4 is 22.0 Å². The minimum Gasteiger partial charge on any atom is -0.444 e. The monoisotopic (exact) mass is 441 g/mol. The van der Waals surface area contributed by atoms with Crippen molar-refractivity contribution in [2.45, 2.75) is 50.7 Å². The first-order valence-corrected chi connectivity index (χ1v) is 11.4. The highest BCUT2D eigenvalue weighted by Gasteiger charge is 2.26. The molecule has 1 aliphatic rings. The van der Waals surface area contributed by atoms with Crippen LogP contribution >= 0.6 is 0 Å². The summed E-state index contributed by atoms with van der Waals surface area (Å²) in [6.07, 6.45) is 0.246. The fraction of sp³-hybridized carbons (Fsp3) is 0.600. The number of carbonyl (C=O) groups excluding carboxylic acids is 2. The molecule has 1 aromatic carbocycles. The lowest BCUT2D eigenvalue weighted by Gasteiger charge is -2.26. The minimum atomic E-state index is -3.52. The van der Waals surface area contributed by atoms with Crippen molar-refractivity contribution in [3.05, 3.63) is 29.8 Å². The molecule has 1 saturated heterocycles. The molecule has 0 radical (unpaired) electrons. The number of benzene rings is 1. The molecule has 0 atom stereocenters. The number of sulfonamides is 1. The van der Waals surface area contributed by atoms with Crippen LogP contribution < -0.4 is 10.6 Å². The number of morpholine rings is 1. The van der Waals surface area contributed by atoms with E-state index in [2.05, 4.69) is 10.6 Å². The van der Waals surface area contributed by atoms with E-state index in [0.29, 0.717) is 45.8 Å². The number of ether oxygens (including phenoxy) is 2. The van der Waals surface area contributed by atoms with E-state index in [0.717, 1.165) is 5.56 Å². The van der Waals surface area contributed by atoms with Gasteiger partial charge < -0.3 is 20.1 Å². The maximum atomic E-state index is 12.6. The van der Waals surface area contributed by atoms with E-state index in [1.54, 1.807) is 45.0 Å². The molecule has 9 nitrogen and oxygen atoms in total. The second kappa shape index (κ2) is 10.7. The average Bonchev–Trinajstić information content (AvgIpc) is 2.69. The first-order valence-electron chi connectivity index (χ1n) is 9.98. The fourth-order valence-corrected chi connectivity index (χ4v) is 4.17. The number of hydrogen-bond donors (Lipinski definition) is 2. The molecule has 0 aliphatic carbocycles. The van der Waals surface area contributed by atoms with Crippen molar-refractivity contribution < 1.29 is 27.5 Å². The van der Waals surface area contributed by atoms with Gasteiger partial charge in [-0.05, 0) is 44.9 Å². The smallest absolute Gasteiger partial charge is 0.407 e. The Morgan fingerprint density at radius 3 is 2.33 bits per heavy atom. The maximum Gasteiger partial charge on any atom is 0.407 e. The van der Waals surface area contributed by atoms with Crippen molar-refractivity contribution in [1.82, 2.24) is 14.9 Å². The first-order chi connectivity index (χ1) is 14.1. The molecule has 10 heteroatoms. The van der Waals surface area contributed by atoms with Gasteiger partial charge in [-0.15, -0.1) is 0 Å². The van der Waals surface area contributed by atoms with E-state index in [4.69, 9.17) is 9.47 Å². The third-order valence-corrected chi connectivity index (χ3v) is 6.18. The van der Waals surface area contributed by atoms with Crippen molar-refractivity contribution in [3.63, 3.8) is 0 Å². The molecule has 1 aromatic rings. The summed E-state index contributed by atoms with van der Waals surface area (Å²) in [5.74, 6) is -0.147. The summed E-state index contributed by atoms with van der Waals surface area (Å²) >= 11 is 0. The number of nitrogens with one attached hydrogen (secondary N) is 2.